The van der Waals surface area contributed by atoms with E-state index in [1.165, 1.54) is 5.56 Å². The molecule has 0 spiro atoms. The van der Waals surface area contributed by atoms with Gasteiger partial charge in [0.15, 0.2) is 0 Å². The Hall–Kier alpha value is -0.280. The maximum absolute atomic E-state index is 6.14. The van der Waals surface area contributed by atoms with Crippen molar-refractivity contribution in [2.24, 2.45) is 11.7 Å². The van der Waals surface area contributed by atoms with Gasteiger partial charge in [0.05, 0.1) is 0 Å². The molecule has 0 aromatic heterocycles. The minimum Gasteiger partial charge on any atom is -0.327 e. The lowest BCUT2D eigenvalue weighted by atomic mass is 9.94. The molecule has 1 fully saturated rings. The number of hydrogen-bond donors (Lipinski definition) is 1. The first kappa shape index (κ1) is 15.8. The van der Waals surface area contributed by atoms with Gasteiger partial charge in [0.25, 0.3) is 0 Å². The molecular weight excluding hydrogens is 267 g/mol. The third-order valence-corrected chi connectivity index (χ3v) is 4.11. The Balaban J connectivity index is 0.00000162. The number of rotatable bonds is 2. The molecule has 1 aliphatic rings. The fourth-order valence-corrected chi connectivity index (χ4v) is 2.59. The third kappa shape index (κ3) is 3.86. The van der Waals surface area contributed by atoms with Crippen LogP contribution in [-0.2, 0) is 6.54 Å². The van der Waals surface area contributed by atoms with E-state index in [0.717, 1.165) is 36.6 Å². The molecule has 0 aliphatic carbocycles. The Morgan fingerprint density at radius 1 is 1.44 bits per heavy atom. The first-order valence-corrected chi connectivity index (χ1v) is 6.67. The lowest BCUT2D eigenvalue weighted by molar-refractivity contribution is 0.158. The first-order chi connectivity index (χ1) is 8.06. The summed E-state index contributed by atoms with van der Waals surface area (Å²) in [6.45, 7) is 7.44. The summed E-state index contributed by atoms with van der Waals surface area (Å²) in [6.07, 6.45) is 1.10. The topological polar surface area (TPSA) is 29.3 Å². The average Bonchev–Trinajstić information content (AvgIpc) is 2.29. The second-order valence-corrected chi connectivity index (χ2v) is 5.66. The highest BCUT2D eigenvalue weighted by Crippen LogP contribution is 2.20. The van der Waals surface area contributed by atoms with Crippen LogP contribution >= 0.6 is 24.0 Å². The van der Waals surface area contributed by atoms with Gasteiger partial charge in [-0.25, -0.2) is 0 Å². The number of likely N-dealkylation sites (tertiary alicyclic amines) is 1. The van der Waals surface area contributed by atoms with E-state index in [4.69, 9.17) is 17.3 Å². The zero-order valence-electron chi connectivity index (χ0n) is 11.0. The Bertz CT molecular complexity index is 395. The fourth-order valence-electron chi connectivity index (χ4n) is 2.39. The molecule has 1 aromatic rings. The molecule has 2 rings (SSSR count). The van der Waals surface area contributed by atoms with Crippen LogP contribution in [-0.4, -0.2) is 24.0 Å². The van der Waals surface area contributed by atoms with Crippen LogP contribution in [0.3, 0.4) is 0 Å². The van der Waals surface area contributed by atoms with E-state index in [9.17, 15) is 0 Å². The fraction of sp³-hybridized carbons (Fsp3) is 0.571. The van der Waals surface area contributed by atoms with Crippen molar-refractivity contribution < 1.29 is 0 Å². The van der Waals surface area contributed by atoms with Gasteiger partial charge in [-0.05, 0) is 43.0 Å². The van der Waals surface area contributed by atoms with Gasteiger partial charge in [-0.2, -0.15) is 0 Å². The van der Waals surface area contributed by atoms with Crippen molar-refractivity contribution in [2.45, 2.75) is 32.9 Å². The van der Waals surface area contributed by atoms with Crippen LogP contribution in [0.15, 0.2) is 18.2 Å². The van der Waals surface area contributed by atoms with Gasteiger partial charge < -0.3 is 5.73 Å². The van der Waals surface area contributed by atoms with Crippen LogP contribution < -0.4 is 5.73 Å². The first-order valence-electron chi connectivity index (χ1n) is 6.29. The van der Waals surface area contributed by atoms with E-state index in [2.05, 4.69) is 30.0 Å². The summed E-state index contributed by atoms with van der Waals surface area (Å²) in [5.74, 6) is 0.588. The van der Waals surface area contributed by atoms with E-state index in [1.807, 2.05) is 6.92 Å². The van der Waals surface area contributed by atoms with E-state index in [0.29, 0.717) is 12.0 Å². The molecule has 4 heteroatoms. The highest BCUT2D eigenvalue weighted by atomic mass is 35.5. The molecule has 2 atom stereocenters. The quantitative estimate of drug-likeness (QED) is 0.905. The van der Waals surface area contributed by atoms with Gasteiger partial charge in [-0.3, -0.25) is 4.90 Å². The highest BCUT2D eigenvalue weighted by molar-refractivity contribution is 6.31. The number of halogens is 2. The molecule has 2 N–H and O–H groups in total. The van der Waals surface area contributed by atoms with Crippen molar-refractivity contribution in [3.05, 3.63) is 34.3 Å². The molecule has 0 bridgehead atoms. The summed E-state index contributed by atoms with van der Waals surface area (Å²) >= 11 is 6.14. The molecule has 2 unspecified atom stereocenters. The number of benzene rings is 1. The summed E-state index contributed by atoms with van der Waals surface area (Å²) in [6, 6.07) is 6.71. The van der Waals surface area contributed by atoms with Gasteiger partial charge in [0, 0.05) is 24.2 Å². The molecule has 1 aromatic carbocycles. The lowest BCUT2D eigenvalue weighted by Crippen LogP contribution is -2.45. The number of hydrogen-bond acceptors (Lipinski definition) is 2. The summed E-state index contributed by atoms with van der Waals surface area (Å²) in [4.78, 5) is 2.47. The summed E-state index contributed by atoms with van der Waals surface area (Å²) < 4.78 is 0. The van der Waals surface area contributed by atoms with Crippen molar-refractivity contribution in [1.82, 2.24) is 4.90 Å². The molecule has 0 amide bonds. The zero-order chi connectivity index (χ0) is 12.4. The number of piperidine rings is 1. The Labute approximate surface area is 121 Å². The molecular formula is C14H22Cl2N2. The second-order valence-electron chi connectivity index (χ2n) is 5.25. The molecule has 102 valence electrons. The van der Waals surface area contributed by atoms with Gasteiger partial charge in [-0.15, -0.1) is 12.4 Å². The number of nitrogens with two attached hydrogens (primary N) is 1. The minimum atomic E-state index is 0. The minimum absolute atomic E-state index is 0. The van der Waals surface area contributed by atoms with Crippen molar-refractivity contribution in [1.29, 1.82) is 0 Å². The van der Waals surface area contributed by atoms with E-state index >= 15 is 0 Å². The summed E-state index contributed by atoms with van der Waals surface area (Å²) in [5.41, 5.74) is 8.47. The average molecular weight is 289 g/mol. The number of aryl methyl sites for hydroxylation is 1. The molecule has 0 saturated carbocycles. The van der Waals surface area contributed by atoms with Crippen LogP contribution in [0.4, 0.5) is 0 Å². The van der Waals surface area contributed by atoms with Crippen LogP contribution in [0.5, 0.6) is 0 Å². The Kier molecular flexibility index (Phi) is 5.93. The summed E-state index contributed by atoms with van der Waals surface area (Å²) in [7, 11) is 0. The van der Waals surface area contributed by atoms with Crippen molar-refractivity contribution >= 4 is 24.0 Å². The second kappa shape index (κ2) is 6.76. The van der Waals surface area contributed by atoms with E-state index < -0.39 is 0 Å². The lowest BCUT2D eigenvalue weighted by Gasteiger charge is -2.35. The highest BCUT2D eigenvalue weighted by Gasteiger charge is 2.22. The van der Waals surface area contributed by atoms with Crippen LogP contribution in [0.1, 0.15) is 24.5 Å². The Morgan fingerprint density at radius 2 is 2.17 bits per heavy atom. The van der Waals surface area contributed by atoms with Gasteiger partial charge >= 0.3 is 0 Å². The maximum Gasteiger partial charge on any atom is 0.0438 e. The third-order valence-electron chi connectivity index (χ3n) is 3.70. The van der Waals surface area contributed by atoms with Gasteiger partial charge in [-0.1, -0.05) is 30.7 Å². The van der Waals surface area contributed by atoms with Gasteiger partial charge in [0.1, 0.15) is 0 Å². The maximum atomic E-state index is 6.14. The normalized spacial score (nSPS) is 24.7. The molecule has 18 heavy (non-hydrogen) atoms. The van der Waals surface area contributed by atoms with Gasteiger partial charge in [0.2, 0.25) is 0 Å². The van der Waals surface area contributed by atoms with E-state index in [1.54, 1.807) is 0 Å². The van der Waals surface area contributed by atoms with Crippen LogP contribution in [0, 0.1) is 12.8 Å². The smallest absolute Gasteiger partial charge is 0.0438 e. The van der Waals surface area contributed by atoms with Crippen LogP contribution in [0.2, 0.25) is 5.02 Å². The molecule has 1 aliphatic heterocycles. The van der Waals surface area contributed by atoms with Crippen molar-refractivity contribution in [3.8, 4) is 0 Å². The van der Waals surface area contributed by atoms with E-state index in [-0.39, 0.29) is 12.4 Å². The zero-order valence-corrected chi connectivity index (χ0v) is 12.6. The number of nitrogens with zero attached hydrogens (tertiary/aromatic N) is 1. The SMILES string of the molecule is Cc1ccc(CN2CCC(N)C(C)C2)cc1Cl.Cl. The molecule has 1 saturated heterocycles. The van der Waals surface area contributed by atoms with Crippen molar-refractivity contribution in [3.63, 3.8) is 0 Å². The molecule has 0 radical (unpaired) electrons. The molecule has 1 heterocycles. The predicted octanol–water partition coefficient (Wildman–Crippen LogP) is 3.24. The largest absolute Gasteiger partial charge is 0.327 e. The monoisotopic (exact) mass is 288 g/mol. The summed E-state index contributed by atoms with van der Waals surface area (Å²) in [5, 5.41) is 0.865. The standard InChI is InChI=1S/C14H21ClN2.ClH/c1-10-3-4-12(7-13(10)15)9-17-6-5-14(16)11(2)8-17;/h3-4,7,11,14H,5-6,8-9,16H2,1-2H3;1H. The van der Waals surface area contributed by atoms with Crippen LogP contribution in [0.25, 0.3) is 0 Å². The Morgan fingerprint density at radius 3 is 2.78 bits per heavy atom. The molecule has 2 nitrogen and oxygen atoms in total. The predicted molar refractivity (Wildman–Crippen MR) is 80.5 cm³/mol. The van der Waals surface area contributed by atoms with Crippen molar-refractivity contribution in [2.75, 3.05) is 13.1 Å².